The maximum absolute atomic E-state index is 3.42. The van der Waals surface area contributed by atoms with Gasteiger partial charge in [-0.3, -0.25) is 4.99 Å². The molecule has 1 unspecified atom stereocenters. The SMILES string of the molecule is C/C=C\c1c(CC)c2c(n1C1=CCC(C)(Cc3ccc(Cc4ccc(-n5c(/C=C\C)c(CC)c(CC)c5/C=C\C)cc4)cc3)C=C1)C=CNC2.C=N/C=C\C.CCC. The Bertz CT molecular complexity index is 2110. The summed E-state index contributed by atoms with van der Waals surface area (Å²) in [7, 11) is 0. The van der Waals surface area contributed by atoms with Crippen molar-refractivity contribution in [3.05, 3.63) is 165 Å². The van der Waals surface area contributed by atoms with Crippen molar-refractivity contribution >= 4 is 36.7 Å². The van der Waals surface area contributed by atoms with Crippen LogP contribution in [-0.4, -0.2) is 15.9 Å². The van der Waals surface area contributed by atoms with E-state index in [0.29, 0.717) is 0 Å². The monoisotopic (exact) mass is 775 g/mol. The smallest absolute Gasteiger partial charge is 0.0529 e. The first kappa shape index (κ1) is 45.4. The van der Waals surface area contributed by atoms with Crippen LogP contribution < -0.4 is 5.32 Å². The van der Waals surface area contributed by atoms with E-state index in [4.69, 9.17) is 0 Å². The fourth-order valence-electron chi connectivity index (χ4n) is 8.23. The second kappa shape index (κ2) is 22.6. The van der Waals surface area contributed by atoms with E-state index in [1.807, 2.05) is 13.0 Å². The Morgan fingerprint density at radius 2 is 1.21 bits per heavy atom. The lowest BCUT2D eigenvalue weighted by molar-refractivity contribution is 0.427. The molecule has 1 atom stereocenters. The molecule has 4 nitrogen and oxygen atoms in total. The van der Waals surface area contributed by atoms with Gasteiger partial charge in [-0.25, -0.2) is 0 Å². The number of allylic oxidation sites excluding steroid dienone is 8. The largest absolute Gasteiger partial charge is 0.387 e. The van der Waals surface area contributed by atoms with E-state index in [-0.39, 0.29) is 5.41 Å². The highest BCUT2D eigenvalue weighted by atomic mass is 15.0. The molecule has 1 aliphatic carbocycles. The highest BCUT2D eigenvalue weighted by Gasteiger charge is 2.27. The van der Waals surface area contributed by atoms with Gasteiger partial charge in [-0.1, -0.05) is 121 Å². The number of hydrogen-bond acceptors (Lipinski definition) is 2. The fraction of sp³-hybridized carbons (Fsp3) is 0.352. The molecule has 0 fully saturated rings. The van der Waals surface area contributed by atoms with E-state index in [1.54, 1.807) is 6.20 Å². The molecule has 0 saturated heterocycles. The zero-order valence-corrected chi connectivity index (χ0v) is 37.3. The number of rotatable bonds is 13. The second-order valence-electron chi connectivity index (χ2n) is 15.4. The number of nitrogens with one attached hydrogen (secondary N) is 1. The molecule has 2 aliphatic rings. The third-order valence-electron chi connectivity index (χ3n) is 10.8. The summed E-state index contributed by atoms with van der Waals surface area (Å²) >= 11 is 0. The molecule has 1 aliphatic heterocycles. The summed E-state index contributed by atoms with van der Waals surface area (Å²) in [5, 5.41) is 3.42. The van der Waals surface area contributed by atoms with Crippen LogP contribution in [0.5, 0.6) is 0 Å². The van der Waals surface area contributed by atoms with Gasteiger partial charge in [0.25, 0.3) is 0 Å². The van der Waals surface area contributed by atoms with Gasteiger partial charge in [0.2, 0.25) is 0 Å². The van der Waals surface area contributed by atoms with Gasteiger partial charge in [-0.2, -0.15) is 0 Å². The van der Waals surface area contributed by atoms with Crippen LogP contribution in [0.4, 0.5) is 0 Å². The summed E-state index contributed by atoms with van der Waals surface area (Å²) in [5.41, 5.74) is 17.7. The van der Waals surface area contributed by atoms with E-state index in [1.165, 1.54) is 79.5 Å². The summed E-state index contributed by atoms with van der Waals surface area (Å²) in [6, 6.07) is 18.5. The second-order valence-corrected chi connectivity index (χ2v) is 15.4. The van der Waals surface area contributed by atoms with Gasteiger partial charge in [-0.15, -0.1) is 0 Å². The van der Waals surface area contributed by atoms with Crippen molar-refractivity contribution < 1.29 is 0 Å². The van der Waals surface area contributed by atoms with E-state index in [0.717, 1.165) is 45.1 Å². The molecule has 0 amide bonds. The van der Waals surface area contributed by atoms with E-state index < -0.39 is 0 Å². The van der Waals surface area contributed by atoms with Crippen LogP contribution in [0.3, 0.4) is 0 Å². The highest BCUT2D eigenvalue weighted by molar-refractivity contribution is 5.74. The van der Waals surface area contributed by atoms with Gasteiger partial charge < -0.3 is 14.5 Å². The number of aromatic nitrogens is 2. The summed E-state index contributed by atoms with van der Waals surface area (Å²) in [6.07, 6.45) is 35.7. The van der Waals surface area contributed by atoms with Crippen molar-refractivity contribution in [3.63, 3.8) is 0 Å². The Morgan fingerprint density at radius 3 is 1.66 bits per heavy atom. The molecule has 1 N–H and O–H groups in total. The molecule has 0 bridgehead atoms. The van der Waals surface area contributed by atoms with Gasteiger partial charge in [0.05, 0.1) is 5.69 Å². The van der Waals surface area contributed by atoms with E-state index >= 15 is 0 Å². The molecule has 2 aromatic carbocycles. The minimum absolute atomic E-state index is 0.0885. The first-order valence-corrected chi connectivity index (χ1v) is 21.7. The molecule has 4 heteroatoms. The molecule has 3 heterocycles. The number of nitrogens with zero attached hydrogens (tertiary/aromatic N) is 3. The molecule has 306 valence electrons. The van der Waals surface area contributed by atoms with E-state index in [9.17, 15) is 0 Å². The zero-order valence-electron chi connectivity index (χ0n) is 37.3. The van der Waals surface area contributed by atoms with Crippen LogP contribution in [0.15, 0.2) is 108 Å². The Kier molecular flexibility index (Phi) is 17.6. The first-order valence-electron chi connectivity index (χ1n) is 21.7. The molecule has 0 saturated carbocycles. The van der Waals surface area contributed by atoms with Crippen LogP contribution >= 0.6 is 0 Å². The quantitative estimate of drug-likeness (QED) is 0.135. The standard InChI is InChI=1S/C47H55N3.C4H7N.C3H8/c1-8-14-43-39(11-4)40(12-5)44(15-9-2)49(43)37-23-21-35(22-24-37)31-34-17-19-36(20-18-34)32-47(7)28-25-38(26-29-47)50-45(16-10-3)41(13-6)42-33-48-30-27-46(42)50;1-3-4-5-2;1-3-2/h8-10,14-28,30,48H,11-13,29,31-33H2,1-7H3;3-4H,2H2,1H3;3H2,1-2H3/b14-8-,15-9-,16-10-;4-3-;. The third-order valence-corrected chi connectivity index (χ3v) is 10.8. The van der Waals surface area contributed by atoms with Crippen molar-refractivity contribution in [2.75, 3.05) is 0 Å². The Labute approximate surface area is 351 Å². The van der Waals surface area contributed by atoms with Gasteiger partial charge in [-0.05, 0) is 160 Å². The lowest BCUT2D eigenvalue weighted by Crippen LogP contribution is -2.19. The Morgan fingerprint density at radius 1 is 0.690 bits per heavy atom. The predicted molar refractivity (Wildman–Crippen MR) is 258 cm³/mol. The molecule has 0 spiro atoms. The summed E-state index contributed by atoms with van der Waals surface area (Å²) in [5.74, 6) is 0. The zero-order chi connectivity index (χ0) is 42.1. The number of hydrogen-bond donors (Lipinski definition) is 1. The van der Waals surface area contributed by atoms with Crippen molar-refractivity contribution in [1.82, 2.24) is 14.5 Å². The van der Waals surface area contributed by atoms with Crippen molar-refractivity contribution in [2.45, 2.75) is 121 Å². The molecular formula is C54H70N4. The molecular weight excluding hydrogens is 705 g/mol. The lowest BCUT2D eigenvalue weighted by atomic mass is 9.77. The molecule has 0 radical (unpaired) electrons. The lowest BCUT2D eigenvalue weighted by Gasteiger charge is -2.29. The maximum Gasteiger partial charge on any atom is 0.0529 e. The summed E-state index contributed by atoms with van der Waals surface area (Å²) in [6.45, 7) is 25.8. The van der Waals surface area contributed by atoms with Crippen LogP contribution in [0.1, 0.15) is 144 Å². The van der Waals surface area contributed by atoms with Gasteiger partial charge in [0.15, 0.2) is 0 Å². The van der Waals surface area contributed by atoms with Crippen LogP contribution in [0.25, 0.3) is 35.7 Å². The Balaban J connectivity index is 0.000000852. The molecule has 58 heavy (non-hydrogen) atoms. The topological polar surface area (TPSA) is 34.2 Å². The van der Waals surface area contributed by atoms with Crippen molar-refractivity contribution in [1.29, 1.82) is 0 Å². The summed E-state index contributed by atoms with van der Waals surface area (Å²) in [4.78, 5) is 3.42. The average molecular weight is 775 g/mol. The minimum Gasteiger partial charge on any atom is -0.387 e. The molecule has 2 aromatic heterocycles. The highest BCUT2D eigenvalue weighted by Crippen LogP contribution is 2.38. The van der Waals surface area contributed by atoms with Crippen molar-refractivity contribution in [2.24, 2.45) is 10.4 Å². The number of aliphatic imine (C=N–C) groups is 1. The van der Waals surface area contributed by atoms with Crippen LogP contribution in [0, 0.1) is 5.41 Å². The number of benzene rings is 2. The van der Waals surface area contributed by atoms with E-state index in [2.05, 4.69) is 204 Å². The third kappa shape index (κ3) is 10.8. The average Bonchev–Trinajstić information content (AvgIpc) is 3.71. The predicted octanol–water partition coefficient (Wildman–Crippen LogP) is 14.4. The first-order chi connectivity index (χ1) is 28.2. The van der Waals surface area contributed by atoms with Gasteiger partial charge in [0, 0.05) is 46.8 Å². The van der Waals surface area contributed by atoms with Gasteiger partial charge in [0.1, 0.15) is 0 Å². The van der Waals surface area contributed by atoms with Crippen LogP contribution in [0.2, 0.25) is 0 Å². The number of fused-ring (bicyclic) bond motifs is 1. The van der Waals surface area contributed by atoms with Gasteiger partial charge >= 0.3 is 0 Å². The molecule has 4 aromatic rings. The summed E-state index contributed by atoms with van der Waals surface area (Å²) < 4.78 is 4.91. The minimum atomic E-state index is 0.0885. The maximum atomic E-state index is 3.42. The Hall–Kier alpha value is -5.35. The normalized spacial score (nSPS) is 16.0. The van der Waals surface area contributed by atoms with Crippen molar-refractivity contribution in [3.8, 4) is 5.69 Å². The van der Waals surface area contributed by atoms with Crippen LogP contribution in [-0.2, 0) is 38.6 Å². The fourth-order valence-corrected chi connectivity index (χ4v) is 8.23. The molecule has 6 rings (SSSR count).